The van der Waals surface area contributed by atoms with Crippen molar-refractivity contribution in [1.29, 1.82) is 0 Å². The summed E-state index contributed by atoms with van der Waals surface area (Å²) in [5.74, 6) is -1.07. The van der Waals surface area contributed by atoms with Crippen LogP contribution in [0.2, 0.25) is 0 Å². The number of hydrogen-bond donors (Lipinski definition) is 0. The van der Waals surface area contributed by atoms with Crippen LogP contribution in [0.4, 0.5) is 22.0 Å². The third kappa shape index (κ3) is 3.36. The van der Waals surface area contributed by atoms with E-state index in [-0.39, 0.29) is 12.0 Å². The van der Waals surface area contributed by atoms with E-state index in [1.165, 1.54) is 0 Å². The van der Waals surface area contributed by atoms with Crippen LogP contribution in [-0.4, -0.2) is 17.6 Å². The van der Waals surface area contributed by atoms with E-state index in [2.05, 4.69) is 9.72 Å². The number of aromatic nitrogens is 1. The quantitative estimate of drug-likeness (QED) is 0.615. The van der Waals surface area contributed by atoms with E-state index >= 15 is 0 Å². The van der Waals surface area contributed by atoms with Gasteiger partial charge in [-0.1, -0.05) is 0 Å². The zero-order valence-electron chi connectivity index (χ0n) is 8.39. The lowest BCUT2D eigenvalue weighted by atomic mass is 10.2. The van der Waals surface area contributed by atoms with E-state index in [0.29, 0.717) is 6.07 Å². The molecule has 1 heterocycles. The number of halogens is 5. The van der Waals surface area contributed by atoms with Gasteiger partial charge in [-0.2, -0.15) is 0 Å². The minimum absolute atomic E-state index is 0.163. The molecule has 8 heteroatoms. The largest absolute Gasteiger partial charge is 0.573 e. The molecule has 0 radical (unpaired) electrons. The summed E-state index contributed by atoms with van der Waals surface area (Å²) in [6, 6.07) is 0.561. The van der Waals surface area contributed by atoms with Gasteiger partial charge >= 0.3 is 6.36 Å². The Balaban J connectivity index is 3.31. The molecule has 0 aliphatic rings. The Morgan fingerprint density at radius 2 is 2.00 bits per heavy atom. The van der Waals surface area contributed by atoms with E-state index in [1.807, 2.05) is 0 Å². The Hall–Kier alpha value is -1.73. The Labute approximate surface area is 92.2 Å². The molecule has 94 valence electrons. The summed E-state index contributed by atoms with van der Waals surface area (Å²) >= 11 is 0. The molecule has 0 spiro atoms. The highest BCUT2D eigenvalue weighted by Crippen LogP contribution is 2.35. The summed E-state index contributed by atoms with van der Waals surface area (Å²) in [6.45, 7) is 1.04. The van der Waals surface area contributed by atoms with Gasteiger partial charge in [0.15, 0.2) is 12.0 Å². The zero-order valence-corrected chi connectivity index (χ0v) is 8.39. The molecule has 0 fully saturated rings. The van der Waals surface area contributed by atoms with Crippen LogP contribution in [0.25, 0.3) is 0 Å². The predicted molar refractivity (Wildman–Crippen MR) is 46.0 cm³/mol. The highest BCUT2D eigenvalue weighted by molar-refractivity contribution is 5.73. The van der Waals surface area contributed by atoms with Gasteiger partial charge in [0, 0.05) is 0 Å². The average molecular weight is 255 g/mol. The molecule has 1 aromatic rings. The molecule has 0 unspecified atom stereocenters. The van der Waals surface area contributed by atoms with Crippen molar-refractivity contribution >= 4 is 6.29 Å². The molecule has 0 saturated carbocycles. The van der Waals surface area contributed by atoms with Crippen molar-refractivity contribution in [1.82, 2.24) is 4.98 Å². The second kappa shape index (κ2) is 4.64. The number of nitrogens with zero attached hydrogens (tertiary/aromatic N) is 1. The third-order valence-corrected chi connectivity index (χ3v) is 1.76. The molecule has 0 saturated heterocycles. The molecule has 0 aliphatic carbocycles. The summed E-state index contributed by atoms with van der Waals surface area (Å²) in [4.78, 5) is 13.8. The first-order valence-electron chi connectivity index (χ1n) is 4.25. The van der Waals surface area contributed by atoms with E-state index in [9.17, 15) is 26.7 Å². The molecular formula is C9H6F5NO2. The van der Waals surface area contributed by atoms with E-state index in [0.717, 1.165) is 6.92 Å². The first-order valence-corrected chi connectivity index (χ1v) is 4.25. The standard InChI is InChI=1S/C9H6F5NO2/c1-4-7(17-9(12,13)14)6(8(10)11)2-5(3-16)15-4/h2-3,8H,1H3. The Morgan fingerprint density at radius 3 is 2.41 bits per heavy atom. The predicted octanol–water partition coefficient (Wildman–Crippen LogP) is 3.04. The van der Waals surface area contributed by atoms with E-state index in [4.69, 9.17) is 0 Å². The van der Waals surface area contributed by atoms with E-state index in [1.54, 1.807) is 0 Å². The number of pyridine rings is 1. The molecule has 0 atom stereocenters. The number of aldehydes is 1. The van der Waals surface area contributed by atoms with Crippen LogP contribution in [0.1, 0.15) is 28.2 Å². The molecule has 0 aliphatic heterocycles. The number of alkyl halides is 5. The molecule has 3 nitrogen and oxygen atoms in total. The molecule has 0 aromatic carbocycles. The molecular weight excluding hydrogens is 249 g/mol. The van der Waals surface area contributed by atoms with Crippen LogP contribution in [0.3, 0.4) is 0 Å². The van der Waals surface area contributed by atoms with Gasteiger partial charge in [0.1, 0.15) is 5.69 Å². The fraction of sp³-hybridized carbons (Fsp3) is 0.333. The monoisotopic (exact) mass is 255 g/mol. The third-order valence-electron chi connectivity index (χ3n) is 1.76. The number of aryl methyl sites for hydroxylation is 1. The normalized spacial score (nSPS) is 11.7. The van der Waals surface area contributed by atoms with Crippen molar-refractivity contribution in [3.63, 3.8) is 0 Å². The van der Waals surface area contributed by atoms with Crippen LogP contribution in [0.5, 0.6) is 5.75 Å². The number of rotatable bonds is 3. The molecule has 17 heavy (non-hydrogen) atoms. The Kier molecular flexibility index (Phi) is 3.64. The average Bonchev–Trinajstić information content (AvgIpc) is 2.18. The number of carbonyl (C=O) groups excluding carboxylic acids is 1. The van der Waals surface area contributed by atoms with Crippen molar-refractivity contribution in [2.45, 2.75) is 19.7 Å². The van der Waals surface area contributed by atoms with Crippen LogP contribution in [0.15, 0.2) is 6.07 Å². The molecule has 1 aromatic heterocycles. The van der Waals surface area contributed by atoms with Gasteiger partial charge in [-0.05, 0) is 13.0 Å². The van der Waals surface area contributed by atoms with Crippen LogP contribution >= 0.6 is 0 Å². The van der Waals surface area contributed by atoms with Crippen molar-refractivity contribution < 1.29 is 31.5 Å². The maximum atomic E-state index is 12.5. The van der Waals surface area contributed by atoms with Gasteiger partial charge in [0.05, 0.1) is 11.3 Å². The van der Waals surface area contributed by atoms with Gasteiger partial charge in [-0.25, -0.2) is 13.8 Å². The fourth-order valence-electron chi connectivity index (χ4n) is 1.18. The van der Waals surface area contributed by atoms with Gasteiger partial charge in [0.25, 0.3) is 6.43 Å². The first kappa shape index (κ1) is 13.3. The molecule has 0 N–H and O–H groups in total. The molecule has 1 rings (SSSR count). The van der Waals surface area contributed by atoms with Crippen molar-refractivity contribution in [3.05, 3.63) is 23.0 Å². The second-order valence-electron chi connectivity index (χ2n) is 3.02. The smallest absolute Gasteiger partial charge is 0.403 e. The minimum atomic E-state index is -5.10. The Morgan fingerprint density at radius 1 is 1.41 bits per heavy atom. The number of carbonyl (C=O) groups is 1. The van der Waals surface area contributed by atoms with Gasteiger partial charge < -0.3 is 4.74 Å². The van der Waals surface area contributed by atoms with Crippen molar-refractivity contribution in [2.75, 3.05) is 0 Å². The van der Waals surface area contributed by atoms with Crippen LogP contribution in [0, 0.1) is 6.92 Å². The first-order chi connectivity index (χ1) is 7.74. The van der Waals surface area contributed by atoms with Crippen LogP contribution < -0.4 is 4.74 Å². The lowest BCUT2D eigenvalue weighted by Gasteiger charge is -2.15. The summed E-state index contributed by atoms with van der Waals surface area (Å²) in [6.07, 6.45) is -8.14. The fourth-order valence-corrected chi connectivity index (χ4v) is 1.18. The maximum Gasteiger partial charge on any atom is 0.573 e. The highest BCUT2D eigenvalue weighted by atomic mass is 19.4. The SMILES string of the molecule is Cc1nc(C=O)cc(C(F)F)c1OC(F)(F)F. The zero-order chi connectivity index (χ0) is 13.2. The summed E-state index contributed by atoms with van der Waals surface area (Å²) in [7, 11) is 0. The van der Waals surface area contributed by atoms with Crippen molar-refractivity contribution in [2.24, 2.45) is 0 Å². The Bertz CT molecular complexity index is 430. The molecule has 0 bridgehead atoms. The van der Waals surface area contributed by atoms with Gasteiger partial charge in [0.2, 0.25) is 0 Å². The summed E-state index contributed by atoms with van der Waals surface area (Å²) in [5, 5.41) is 0. The number of ether oxygens (including phenoxy) is 1. The lowest BCUT2D eigenvalue weighted by molar-refractivity contribution is -0.275. The topological polar surface area (TPSA) is 39.2 Å². The molecule has 0 amide bonds. The van der Waals surface area contributed by atoms with Gasteiger partial charge in [-0.15, -0.1) is 13.2 Å². The lowest BCUT2D eigenvalue weighted by Crippen LogP contribution is -2.19. The van der Waals surface area contributed by atoms with Gasteiger partial charge in [-0.3, -0.25) is 4.79 Å². The summed E-state index contributed by atoms with van der Waals surface area (Å²) < 4.78 is 64.4. The summed E-state index contributed by atoms with van der Waals surface area (Å²) in [5.41, 5.74) is -1.83. The highest BCUT2D eigenvalue weighted by Gasteiger charge is 2.34. The minimum Gasteiger partial charge on any atom is -0.403 e. The maximum absolute atomic E-state index is 12.5. The van der Waals surface area contributed by atoms with E-state index < -0.39 is 29.8 Å². The second-order valence-corrected chi connectivity index (χ2v) is 3.02. The van der Waals surface area contributed by atoms with Crippen LogP contribution in [-0.2, 0) is 0 Å². The van der Waals surface area contributed by atoms with Crippen molar-refractivity contribution in [3.8, 4) is 5.75 Å². The number of hydrogen-bond acceptors (Lipinski definition) is 3.